The van der Waals surface area contributed by atoms with Gasteiger partial charge in [-0.05, 0) is 37.6 Å². The maximum Gasteiger partial charge on any atom is 0.337 e. The van der Waals surface area contributed by atoms with Gasteiger partial charge in [0.2, 0.25) is 0 Å². The van der Waals surface area contributed by atoms with Crippen molar-refractivity contribution in [2.24, 2.45) is 0 Å². The third-order valence-electron chi connectivity index (χ3n) is 3.60. The summed E-state index contributed by atoms with van der Waals surface area (Å²) < 4.78 is 4.73. The van der Waals surface area contributed by atoms with Gasteiger partial charge in [-0.15, -0.1) is 0 Å². The zero-order chi connectivity index (χ0) is 13.2. The number of fused-ring (bicyclic) bond motifs is 1. The number of hydrogen-bond acceptors (Lipinski definition) is 4. The van der Waals surface area contributed by atoms with E-state index < -0.39 is 0 Å². The average molecular weight is 259 g/mol. The van der Waals surface area contributed by atoms with E-state index in [2.05, 4.69) is 15.3 Å². The highest BCUT2D eigenvalue weighted by molar-refractivity contribution is 5.93. The Balaban J connectivity index is 1.93. The molecule has 2 aromatic rings. The zero-order valence-corrected chi connectivity index (χ0v) is 10.9. The van der Waals surface area contributed by atoms with Crippen molar-refractivity contribution in [3.05, 3.63) is 29.6 Å². The first kappa shape index (κ1) is 12.2. The van der Waals surface area contributed by atoms with E-state index in [0.29, 0.717) is 11.5 Å². The van der Waals surface area contributed by atoms with Crippen LogP contribution in [0.1, 0.15) is 34.9 Å². The Hall–Kier alpha value is -1.88. The van der Waals surface area contributed by atoms with Gasteiger partial charge in [0.05, 0.1) is 23.7 Å². The molecule has 1 saturated heterocycles. The molecule has 1 aliphatic heterocycles. The fourth-order valence-electron chi connectivity index (χ4n) is 2.55. The van der Waals surface area contributed by atoms with Crippen molar-refractivity contribution in [2.75, 3.05) is 20.2 Å². The third kappa shape index (κ3) is 2.33. The van der Waals surface area contributed by atoms with Crippen molar-refractivity contribution < 1.29 is 9.53 Å². The summed E-state index contributed by atoms with van der Waals surface area (Å²) in [5.41, 5.74) is 2.34. The standard InChI is InChI=1S/C14H17N3O2/c1-19-14(18)9-4-5-11-12(7-9)17-13(16-11)10-3-2-6-15-8-10/h4-5,7,10,15H,2-3,6,8H2,1H3,(H,16,17). The summed E-state index contributed by atoms with van der Waals surface area (Å²) in [4.78, 5) is 19.4. The van der Waals surface area contributed by atoms with E-state index in [9.17, 15) is 4.79 Å². The summed E-state index contributed by atoms with van der Waals surface area (Å²) in [6.45, 7) is 2.05. The lowest BCUT2D eigenvalue weighted by atomic mass is 9.99. The van der Waals surface area contributed by atoms with Gasteiger partial charge >= 0.3 is 5.97 Å². The second kappa shape index (κ2) is 5.01. The maximum atomic E-state index is 11.5. The summed E-state index contributed by atoms with van der Waals surface area (Å²) in [7, 11) is 1.39. The molecule has 0 bridgehead atoms. The van der Waals surface area contributed by atoms with Crippen LogP contribution in [0.25, 0.3) is 11.0 Å². The molecule has 0 spiro atoms. The number of aromatic amines is 1. The molecule has 1 atom stereocenters. The number of imidazole rings is 1. The molecule has 0 aliphatic carbocycles. The lowest BCUT2D eigenvalue weighted by molar-refractivity contribution is 0.0601. The minimum absolute atomic E-state index is 0.322. The number of H-pyrrole nitrogens is 1. The number of ether oxygens (including phenoxy) is 1. The van der Waals surface area contributed by atoms with E-state index in [1.54, 1.807) is 12.1 Å². The SMILES string of the molecule is COC(=O)c1ccc2nc(C3CCCNC3)[nH]c2c1. The molecule has 19 heavy (non-hydrogen) atoms. The molecule has 1 aliphatic rings. The fourth-order valence-corrected chi connectivity index (χ4v) is 2.55. The molecule has 5 heteroatoms. The summed E-state index contributed by atoms with van der Waals surface area (Å²) in [6.07, 6.45) is 2.33. The van der Waals surface area contributed by atoms with E-state index in [1.165, 1.54) is 13.5 Å². The second-order valence-corrected chi connectivity index (χ2v) is 4.89. The summed E-state index contributed by atoms with van der Waals surface area (Å²) in [5, 5.41) is 3.38. The number of methoxy groups -OCH3 is 1. The van der Waals surface area contributed by atoms with Gasteiger partial charge in [0.1, 0.15) is 5.82 Å². The largest absolute Gasteiger partial charge is 0.465 e. The van der Waals surface area contributed by atoms with Crippen LogP contribution in [-0.2, 0) is 4.74 Å². The Bertz CT molecular complexity index is 600. The highest BCUT2D eigenvalue weighted by Gasteiger charge is 2.19. The first-order valence-corrected chi connectivity index (χ1v) is 6.56. The van der Waals surface area contributed by atoms with Crippen LogP contribution in [0, 0.1) is 0 Å². The van der Waals surface area contributed by atoms with Crippen LogP contribution in [-0.4, -0.2) is 36.1 Å². The molecule has 1 aromatic carbocycles. The van der Waals surface area contributed by atoms with Crippen LogP contribution in [0.4, 0.5) is 0 Å². The van der Waals surface area contributed by atoms with Gasteiger partial charge in [-0.3, -0.25) is 0 Å². The number of nitrogens with one attached hydrogen (secondary N) is 2. The molecule has 0 radical (unpaired) electrons. The minimum atomic E-state index is -0.322. The number of benzene rings is 1. The van der Waals surface area contributed by atoms with Crippen molar-refractivity contribution in [1.29, 1.82) is 0 Å². The quantitative estimate of drug-likeness (QED) is 0.807. The van der Waals surface area contributed by atoms with E-state index >= 15 is 0 Å². The Morgan fingerprint density at radius 3 is 3.11 bits per heavy atom. The number of esters is 1. The lowest BCUT2D eigenvalue weighted by Gasteiger charge is -2.20. The molecule has 3 rings (SSSR count). The van der Waals surface area contributed by atoms with Gasteiger partial charge in [0, 0.05) is 12.5 Å². The molecular weight excluding hydrogens is 242 g/mol. The first-order chi connectivity index (χ1) is 9.28. The Morgan fingerprint density at radius 2 is 2.37 bits per heavy atom. The van der Waals surface area contributed by atoms with Gasteiger partial charge in [-0.25, -0.2) is 9.78 Å². The Kier molecular flexibility index (Phi) is 3.21. The Morgan fingerprint density at radius 1 is 1.47 bits per heavy atom. The predicted octanol–water partition coefficient (Wildman–Crippen LogP) is 1.82. The Labute approximate surface area is 111 Å². The number of carbonyl (C=O) groups excluding carboxylic acids is 1. The van der Waals surface area contributed by atoms with Crippen LogP contribution < -0.4 is 5.32 Å². The van der Waals surface area contributed by atoms with Crippen LogP contribution in [0.2, 0.25) is 0 Å². The van der Waals surface area contributed by atoms with Gasteiger partial charge in [0.25, 0.3) is 0 Å². The molecule has 0 saturated carbocycles. The van der Waals surface area contributed by atoms with E-state index in [4.69, 9.17) is 4.74 Å². The second-order valence-electron chi connectivity index (χ2n) is 4.89. The highest BCUT2D eigenvalue weighted by Crippen LogP contribution is 2.23. The van der Waals surface area contributed by atoms with E-state index in [1.807, 2.05) is 6.07 Å². The minimum Gasteiger partial charge on any atom is -0.465 e. The van der Waals surface area contributed by atoms with Crippen LogP contribution in [0.3, 0.4) is 0 Å². The van der Waals surface area contributed by atoms with Crippen molar-refractivity contribution in [1.82, 2.24) is 15.3 Å². The number of piperidine rings is 1. The van der Waals surface area contributed by atoms with Crippen LogP contribution in [0.5, 0.6) is 0 Å². The molecule has 1 aromatic heterocycles. The first-order valence-electron chi connectivity index (χ1n) is 6.56. The number of nitrogens with zero attached hydrogens (tertiary/aromatic N) is 1. The maximum absolute atomic E-state index is 11.5. The average Bonchev–Trinajstić information content (AvgIpc) is 2.90. The fraction of sp³-hybridized carbons (Fsp3) is 0.429. The van der Waals surface area contributed by atoms with Crippen molar-refractivity contribution >= 4 is 17.0 Å². The van der Waals surface area contributed by atoms with Gasteiger partial charge < -0.3 is 15.0 Å². The van der Waals surface area contributed by atoms with Crippen molar-refractivity contribution in [2.45, 2.75) is 18.8 Å². The molecule has 2 heterocycles. The third-order valence-corrected chi connectivity index (χ3v) is 3.60. The highest BCUT2D eigenvalue weighted by atomic mass is 16.5. The molecule has 1 fully saturated rings. The van der Waals surface area contributed by atoms with Crippen molar-refractivity contribution in [3.63, 3.8) is 0 Å². The molecule has 0 amide bonds. The molecular formula is C14H17N3O2. The monoisotopic (exact) mass is 259 g/mol. The molecule has 100 valence electrons. The number of carbonyl (C=O) groups is 1. The summed E-state index contributed by atoms with van der Waals surface area (Å²) in [5.74, 6) is 1.12. The smallest absolute Gasteiger partial charge is 0.337 e. The zero-order valence-electron chi connectivity index (χ0n) is 10.9. The summed E-state index contributed by atoms with van der Waals surface area (Å²) in [6, 6.07) is 5.41. The number of hydrogen-bond donors (Lipinski definition) is 2. The van der Waals surface area contributed by atoms with Crippen LogP contribution >= 0.6 is 0 Å². The molecule has 2 N–H and O–H groups in total. The molecule has 5 nitrogen and oxygen atoms in total. The number of rotatable bonds is 2. The normalized spacial score (nSPS) is 19.5. The van der Waals surface area contributed by atoms with Gasteiger partial charge in [0.15, 0.2) is 0 Å². The van der Waals surface area contributed by atoms with E-state index in [0.717, 1.165) is 36.4 Å². The summed E-state index contributed by atoms with van der Waals surface area (Å²) >= 11 is 0. The lowest BCUT2D eigenvalue weighted by Crippen LogP contribution is -2.28. The van der Waals surface area contributed by atoms with Gasteiger partial charge in [-0.1, -0.05) is 0 Å². The predicted molar refractivity (Wildman–Crippen MR) is 72.3 cm³/mol. The van der Waals surface area contributed by atoms with E-state index in [-0.39, 0.29) is 5.97 Å². The topological polar surface area (TPSA) is 67.0 Å². The van der Waals surface area contributed by atoms with Crippen molar-refractivity contribution in [3.8, 4) is 0 Å². The van der Waals surface area contributed by atoms with Crippen LogP contribution in [0.15, 0.2) is 18.2 Å². The van der Waals surface area contributed by atoms with Gasteiger partial charge in [-0.2, -0.15) is 0 Å². The molecule has 1 unspecified atom stereocenters. The number of aromatic nitrogens is 2.